The molecule has 1 atom stereocenters. The van der Waals surface area contributed by atoms with Crippen LogP contribution in [-0.4, -0.2) is 34.9 Å². The second-order valence-electron chi connectivity index (χ2n) is 6.64. The van der Waals surface area contributed by atoms with Gasteiger partial charge in [-0.2, -0.15) is 11.3 Å². The molecule has 2 fully saturated rings. The van der Waals surface area contributed by atoms with Gasteiger partial charge in [-0.25, -0.2) is 0 Å². The molecule has 0 aromatic carbocycles. The van der Waals surface area contributed by atoms with Crippen LogP contribution in [0.5, 0.6) is 0 Å². The predicted octanol–water partition coefficient (Wildman–Crippen LogP) is 3.77. The molecular weight excluding hydrogens is 377 g/mol. The van der Waals surface area contributed by atoms with Gasteiger partial charge in [0, 0.05) is 25.0 Å². The van der Waals surface area contributed by atoms with Crippen LogP contribution in [-0.2, 0) is 6.54 Å². The average molecular weight is 400 g/mol. The zero-order valence-corrected chi connectivity index (χ0v) is 16.3. The normalized spacial score (nSPS) is 20.2. The molecule has 1 N–H and O–H groups in total. The molecule has 2 aromatic heterocycles. The summed E-state index contributed by atoms with van der Waals surface area (Å²) in [6, 6.07) is 6.19. The molecule has 7 heteroatoms. The highest BCUT2D eigenvalue weighted by atomic mass is 35.5. The molecule has 1 aliphatic carbocycles. The van der Waals surface area contributed by atoms with Crippen LogP contribution < -0.4 is 5.32 Å². The number of halogens is 2. The summed E-state index contributed by atoms with van der Waals surface area (Å²) in [6.45, 7) is 2.85. The number of amides is 1. The van der Waals surface area contributed by atoms with Crippen LogP contribution in [0.3, 0.4) is 0 Å². The molecule has 136 valence electrons. The zero-order valence-electron chi connectivity index (χ0n) is 13.9. The van der Waals surface area contributed by atoms with Crippen molar-refractivity contribution in [2.24, 2.45) is 5.41 Å². The highest BCUT2D eigenvalue weighted by Gasteiger charge is 2.57. The van der Waals surface area contributed by atoms with Gasteiger partial charge >= 0.3 is 0 Å². The van der Waals surface area contributed by atoms with Crippen LogP contribution in [0.1, 0.15) is 35.2 Å². The van der Waals surface area contributed by atoms with Crippen molar-refractivity contribution in [3.63, 3.8) is 0 Å². The van der Waals surface area contributed by atoms with Gasteiger partial charge in [0.05, 0.1) is 5.56 Å². The number of pyridine rings is 1. The van der Waals surface area contributed by atoms with Crippen LogP contribution in [0, 0.1) is 5.41 Å². The molecule has 1 amide bonds. The molecular formula is C18H23Cl2N3OS. The van der Waals surface area contributed by atoms with Crippen LogP contribution >= 0.6 is 36.2 Å². The van der Waals surface area contributed by atoms with E-state index < -0.39 is 0 Å². The van der Waals surface area contributed by atoms with Crippen LogP contribution in [0.4, 0.5) is 0 Å². The third-order valence-electron chi connectivity index (χ3n) is 5.22. The Morgan fingerprint density at radius 2 is 2.12 bits per heavy atom. The van der Waals surface area contributed by atoms with E-state index in [2.05, 4.69) is 32.0 Å². The number of nitrogens with zero attached hydrogens (tertiary/aromatic N) is 2. The van der Waals surface area contributed by atoms with E-state index in [9.17, 15) is 4.79 Å². The Labute approximate surface area is 164 Å². The molecule has 4 nitrogen and oxygen atoms in total. The predicted molar refractivity (Wildman–Crippen MR) is 106 cm³/mol. The molecule has 1 unspecified atom stereocenters. The van der Waals surface area contributed by atoms with E-state index in [-0.39, 0.29) is 30.7 Å². The van der Waals surface area contributed by atoms with Gasteiger partial charge in [0.15, 0.2) is 0 Å². The van der Waals surface area contributed by atoms with Gasteiger partial charge in [0.25, 0.3) is 5.91 Å². The van der Waals surface area contributed by atoms with E-state index in [4.69, 9.17) is 0 Å². The summed E-state index contributed by atoms with van der Waals surface area (Å²) in [5, 5.41) is 7.65. The Bertz CT molecular complexity index is 675. The Hall–Kier alpha value is -1.14. The average Bonchev–Trinajstić information content (AvgIpc) is 3.04. The number of nitrogens with one attached hydrogen (secondary N) is 1. The van der Waals surface area contributed by atoms with Crippen LogP contribution in [0.15, 0.2) is 41.4 Å². The summed E-state index contributed by atoms with van der Waals surface area (Å²) in [6.07, 6.45) is 6.90. The second-order valence-corrected chi connectivity index (χ2v) is 7.42. The number of carbonyl (C=O) groups is 1. The molecule has 4 rings (SSSR count). The monoisotopic (exact) mass is 399 g/mol. The summed E-state index contributed by atoms with van der Waals surface area (Å²) >= 11 is 1.69. The van der Waals surface area contributed by atoms with Crippen molar-refractivity contribution >= 4 is 42.1 Å². The van der Waals surface area contributed by atoms with Crippen molar-refractivity contribution < 1.29 is 4.79 Å². The molecule has 0 radical (unpaired) electrons. The second kappa shape index (κ2) is 8.49. The van der Waals surface area contributed by atoms with Crippen molar-refractivity contribution in [3.05, 3.63) is 52.5 Å². The summed E-state index contributed by atoms with van der Waals surface area (Å²) in [5.74, 6) is 0.115. The lowest BCUT2D eigenvalue weighted by molar-refractivity contribution is 0.0692. The molecule has 0 bridgehead atoms. The lowest BCUT2D eigenvalue weighted by Gasteiger charge is -2.29. The SMILES string of the molecule is Cl.Cl.O=C(c1cccnc1)N(Cc1ccsc1)C1CC12CCNCC2. The van der Waals surface area contributed by atoms with Gasteiger partial charge in [-0.1, -0.05) is 0 Å². The molecule has 2 aromatic rings. The van der Waals surface area contributed by atoms with E-state index in [0.29, 0.717) is 23.6 Å². The number of hydrogen-bond donors (Lipinski definition) is 1. The quantitative estimate of drug-likeness (QED) is 0.850. The van der Waals surface area contributed by atoms with Crippen LogP contribution in [0.25, 0.3) is 0 Å². The summed E-state index contributed by atoms with van der Waals surface area (Å²) in [7, 11) is 0. The standard InChI is InChI=1S/C18H21N3OS.2ClH/c22-17(15-2-1-6-20-11-15)21(12-14-3-9-23-13-14)16-10-18(16)4-7-19-8-5-18;;/h1-3,6,9,11,13,16,19H,4-5,7-8,10,12H2;2*1H. The maximum atomic E-state index is 13.1. The molecule has 1 saturated heterocycles. The van der Waals surface area contributed by atoms with E-state index in [1.165, 1.54) is 18.4 Å². The van der Waals surface area contributed by atoms with E-state index in [1.807, 2.05) is 12.1 Å². The minimum atomic E-state index is 0. The van der Waals surface area contributed by atoms with Gasteiger partial charge in [0.1, 0.15) is 0 Å². The molecule has 1 saturated carbocycles. The van der Waals surface area contributed by atoms with Gasteiger partial charge in [-0.15, -0.1) is 24.8 Å². The fourth-order valence-electron chi connectivity index (χ4n) is 3.79. The zero-order chi connectivity index (χ0) is 15.7. The molecule has 2 aliphatic rings. The van der Waals surface area contributed by atoms with Crippen molar-refractivity contribution in [2.75, 3.05) is 13.1 Å². The van der Waals surface area contributed by atoms with Gasteiger partial charge < -0.3 is 10.2 Å². The topological polar surface area (TPSA) is 45.2 Å². The fraction of sp³-hybridized carbons (Fsp3) is 0.444. The number of thiophene rings is 1. The number of hydrogen-bond acceptors (Lipinski definition) is 4. The van der Waals surface area contributed by atoms with Crippen molar-refractivity contribution in [2.45, 2.75) is 31.8 Å². The maximum absolute atomic E-state index is 13.1. The number of aromatic nitrogens is 1. The van der Waals surface area contributed by atoms with Crippen molar-refractivity contribution in [1.82, 2.24) is 15.2 Å². The smallest absolute Gasteiger partial charge is 0.255 e. The van der Waals surface area contributed by atoms with Gasteiger partial charge in [-0.05, 0) is 72.3 Å². The largest absolute Gasteiger partial charge is 0.331 e. The number of piperidine rings is 1. The van der Waals surface area contributed by atoms with E-state index in [0.717, 1.165) is 19.5 Å². The highest BCUT2D eigenvalue weighted by molar-refractivity contribution is 7.07. The minimum absolute atomic E-state index is 0. The van der Waals surface area contributed by atoms with E-state index in [1.54, 1.807) is 23.7 Å². The summed E-state index contributed by atoms with van der Waals surface area (Å²) < 4.78 is 0. The van der Waals surface area contributed by atoms with E-state index >= 15 is 0 Å². The molecule has 3 heterocycles. The fourth-order valence-corrected chi connectivity index (χ4v) is 4.45. The highest BCUT2D eigenvalue weighted by Crippen LogP contribution is 2.56. The maximum Gasteiger partial charge on any atom is 0.255 e. The first kappa shape index (κ1) is 20.2. The molecule has 1 spiro atoms. The Morgan fingerprint density at radius 3 is 2.76 bits per heavy atom. The Balaban J connectivity index is 0.00000113. The van der Waals surface area contributed by atoms with Crippen molar-refractivity contribution in [3.8, 4) is 0 Å². The minimum Gasteiger partial charge on any atom is -0.331 e. The lowest BCUT2D eigenvalue weighted by Crippen LogP contribution is -2.39. The lowest BCUT2D eigenvalue weighted by atomic mass is 9.93. The first-order valence-corrected chi connectivity index (χ1v) is 9.16. The van der Waals surface area contributed by atoms with Gasteiger partial charge in [-0.3, -0.25) is 9.78 Å². The number of carbonyl (C=O) groups excluding carboxylic acids is 1. The Kier molecular flexibility index (Phi) is 6.86. The number of rotatable bonds is 4. The van der Waals surface area contributed by atoms with Crippen LogP contribution in [0.2, 0.25) is 0 Å². The van der Waals surface area contributed by atoms with Crippen molar-refractivity contribution in [1.29, 1.82) is 0 Å². The summed E-state index contributed by atoms with van der Waals surface area (Å²) in [4.78, 5) is 19.3. The Morgan fingerprint density at radius 1 is 1.32 bits per heavy atom. The van der Waals surface area contributed by atoms with Gasteiger partial charge in [0.2, 0.25) is 0 Å². The first-order chi connectivity index (χ1) is 11.3. The third-order valence-corrected chi connectivity index (χ3v) is 5.96. The first-order valence-electron chi connectivity index (χ1n) is 8.21. The molecule has 25 heavy (non-hydrogen) atoms. The summed E-state index contributed by atoms with van der Waals surface area (Å²) in [5.41, 5.74) is 2.26. The third kappa shape index (κ3) is 4.17. The molecule has 1 aliphatic heterocycles.